The number of aryl methyl sites for hydroxylation is 1. The molecular formula is C26H19ClN3O3S2-. The van der Waals surface area contributed by atoms with E-state index in [9.17, 15) is 8.76 Å². The van der Waals surface area contributed by atoms with Crippen molar-refractivity contribution >= 4 is 34.0 Å². The van der Waals surface area contributed by atoms with Crippen LogP contribution >= 0.6 is 22.9 Å². The Bertz CT molecular complexity index is 1510. The quantitative estimate of drug-likeness (QED) is 0.231. The molecule has 0 fully saturated rings. The smallest absolute Gasteiger partial charge is 0.138 e. The van der Waals surface area contributed by atoms with Crippen molar-refractivity contribution in [1.82, 2.24) is 14.8 Å². The highest BCUT2D eigenvalue weighted by atomic mass is 35.5. The summed E-state index contributed by atoms with van der Waals surface area (Å²) in [4.78, 5) is 6.43. The van der Waals surface area contributed by atoms with Crippen molar-refractivity contribution in [3.8, 4) is 32.4 Å². The predicted octanol–water partition coefficient (Wildman–Crippen LogP) is 6.44. The highest BCUT2D eigenvalue weighted by molar-refractivity contribution is 7.79. The van der Waals surface area contributed by atoms with Crippen LogP contribution in [0.1, 0.15) is 11.4 Å². The van der Waals surface area contributed by atoms with Gasteiger partial charge in [-0.2, -0.15) is 5.10 Å². The Kier molecular flexibility index (Phi) is 6.79. The summed E-state index contributed by atoms with van der Waals surface area (Å²) in [6, 6.07) is 24.1. The van der Waals surface area contributed by atoms with E-state index < -0.39 is 11.1 Å². The lowest BCUT2D eigenvalue weighted by Crippen LogP contribution is -2.01. The number of halogens is 1. The molecule has 0 aliphatic rings. The van der Waals surface area contributed by atoms with Gasteiger partial charge in [-0.25, -0.2) is 4.68 Å². The van der Waals surface area contributed by atoms with Gasteiger partial charge in [0.25, 0.3) is 0 Å². The molecule has 2 aromatic carbocycles. The molecule has 0 amide bonds. The van der Waals surface area contributed by atoms with Crippen molar-refractivity contribution in [3.63, 3.8) is 0 Å². The van der Waals surface area contributed by atoms with E-state index in [4.69, 9.17) is 21.4 Å². The van der Waals surface area contributed by atoms with Gasteiger partial charge in [-0.05, 0) is 78.2 Å². The maximum Gasteiger partial charge on any atom is 0.138 e. The fourth-order valence-electron chi connectivity index (χ4n) is 3.56. The van der Waals surface area contributed by atoms with Crippen molar-refractivity contribution in [2.45, 2.75) is 18.4 Å². The van der Waals surface area contributed by atoms with E-state index in [0.29, 0.717) is 10.8 Å². The number of benzene rings is 2. The Morgan fingerprint density at radius 3 is 2.63 bits per heavy atom. The molecule has 1 atom stereocenters. The maximum atomic E-state index is 11.4. The number of ether oxygens (including phenoxy) is 1. The summed E-state index contributed by atoms with van der Waals surface area (Å²) in [6.07, 6.45) is 1.69. The lowest BCUT2D eigenvalue weighted by molar-refractivity contribution is 0.299. The monoisotopic (exact) mass is 520 g/mol. The summed E-state index contributed by atoms with van der Waals surface area (Å²) >= 11 is 5.77. The third-order valence-corrected chi connectivity index (χ3v) is 7.40. The molecule has 0 saturated heterocycles. The molecule has 0 N–H and O–H groups in total. The lowest BCUT2D eigenvalue weighted by atomic mass is 10.2. The van der Waals surface area contributed by atoms with Crippen molar-refractivity contribution in [2.24, 2.45) is 0 Å². The molecule has 1 unspecified atom stereocenters. The van der Waals surface area contributed by atoms with Crippen LogP contribution in [0, 0.1) is 6.92 Å². The van der Waals surface area contributed by atoms with E-state index in [0.717, 1.165) is 38.1 Å². The molecule has 3 aromatic heterocycles. The number of aromatic nitrogens is 3. The largest absolute Gasteiger partial charge is 0.768 e. The van der Waals surface area contributed by atoms with Crippen LogP contribution in [0.25, 0.3) is 26.7 Å². The van der Waals surface area contributed by atoms with Gasteiger partial charge in [-0.15, -0.1) is 11.3 Å². The van der Waals surface area contributed by atoms with Crippen molar-refractivity contribution in [1.29, 1.82) is 0 Å². The van der Waals surface area contributed by atoms with Gasteiger partial charge in [0.2, 0.25) is 0 Å². The molecule has 5 aromatic rings. The normalized spacial score (nSPS) is 12.0. The maximum absolute atomic E-state index is 11.4. The van der Waals surface area contributed by atoms with Gasteiger partial charge in [0.05, 0.1) is 27.5 Å². The summed E-state index contributed by atoms with van der Waals surface area (Å²) in [7, 11) is 0. The van der Waals surface area contributed by atoms with Crippen molar-refractivity contribution in [3.05, 3.63) is 101 Å². The fourth-order valence-corrected chi connectivity index (χ4v) is 5.20. The van der Waals surface area contributed by atoms with Gasteiger partial charge in [0.1, 0.15) is 18.1 Å². The average Bonchev–Trinajstić information content (AvgIpc) is 3.52. The van der Waals surface area contributed by atoms with Crippen molar-refractivity contribution < 1.29 is 13.5 Å². The molecule has 0 aliphatic carbocycles. The Balaban J connectivity index is 1.51. The molecule has 0 spiro atoms. The summed E-state index contributed by atoms with van der Waals surface area (Å²) in [5.74, 6) is 0.665. The van der Waals surface area contributed by atoms with Crippen LogP contribution in [0.2, 0.25) is 5.02 Å². The number of para-hydroxylation sites is 1. The zero-order chi connectivity index (χ0) is 24.4. The SMILES string of the molecule is Cc1ccc(OCc2cc(-c3ccc(-c4cccc(S(=O)[O-])c4)s3)n(-c3ccccc3Cl)n2)cn1. The van der Waals surface area contributed by atoms with Crippen LogP contribution in [0.15, 0.2) is 90.0 Å². The number of pyridine rings is 1. The molecule has 0 saturated carbocycles. The van der Waals surface area contributed by atoms with Crippen LogP contribution in [-0.4, -0.2) is 23.5 Å². The predicted molar refractivity (Wildman–Crippen MR) is 138 cm³/mol. The van der Waals surface area contributed by atoms with Gasteiger partial charge in [-0.1, -0.05) is 35.9 Å². The second kappa shape index (κ2) is 10.1. The Morgan fingerprint density at radius 2 is 1.86 bits per heavy atom. The van der Waals surface area contributed by atoms with Crippen LogP contribution in [0.4, 0.5) is 0 Å². The number of nitrogens with zero attached hydrogens (tertiary/aromatic N) is 3. The standard InChI is InChI=1S/C26H20ClN3O3S2/c1-17-9-10-20(15-28-17)33-16-19-14-24(30(29-19)23-8-3-2-7-22(23)27)26-12-11-25(34-26)18-5-4-6-21(13-18)35(31)32/h2-15H,16H2,1H3,(H,31,32)/p-1. The molecule has 3 heterocycles. The summed E-state index contributed by atoms with van der Waals surface area (Å²) < 4.78 is 30.5. The summed E-state index contributed by atoms with van der Waals surface area (Å²) in [6.45, 7) is 2.19. The van der Waals surface area contributed by atoms with Crippen LogP contribution in [0.3, 0.4) is 0 Å². The molecule has 176 valence electrons. The molecule has 0 aliphatic heterocycles. The first kappa shape index (κ1) is 23.4. The van der Waals surface area contributed by atoms with E-state index in [-0.39, 0.29) is 11.5 Å². The van der Waals surface area contributed by atoms with Gasteiger partial charge in [-0.3, -0.25) is 9.19 Å². The summed E-state index contributed by atoms with van der Waals surface area (Å²) in [5, 5.41) is 5.36. The highest BCUT2D eigenvalue weighted by Crippen LogP contribution is 2.37. The molecule has 9 heteroatoms. The molecule has 6 nitrogen and oxygen atoms in total. The lowest BCUT2D eigenvalue weighted by Gasteiger charge is -2.08. The van der Waals surface area contributed by atoms with Gasteiger partial charge in [0, 0.05) is 15.5 Å². The number of rotatable bonds is 7. The zero-order valence-corrected chi connectivity index (χ0v) is 20.9. The fraction of sp³-hybridized carbons (Fsp3) is 0.0769. The van der Waals surface area contributed by atoms with E-state index >= 15 is 0 Å². The van der Waals surface area contributed by atoms with Crippen molar-refractivity contribution in [2.75, 3.05) is 0 Å². The molecule has 0 bridgehead atoms. The Hall–Kier alpha value is -3.30. The average molecular weight is 521 g/mol. The molecule has 5 rings (SSSR count). The molecule has 35 heavy (non-hydrogen) atoms. The third kappa shape index (κ3) is 5.21. The molecule has 0 radical (unpaired) electrons. The first-order valence-corrected chi connectivity index (χ1v) is 12.9. The number of hydrogen-bond donors (Lipinski definition) is 0. The third-order valence-electron chi connectivity index (χ3n) is 5.28. The second-order valence-electron chi connectivity index (χ2n) is 7.73. The second-order valence-corrected chi connectivity index (χ2v) is 10.2. The first-order valence-electron chi connectivity index (χ1n) is 10.7. The van der Waals surface area contributed by atoms with Crippen LogP contribution in [-0.2, 0) is 17.7 Å². The van der Waals surface area contributed by atoms with Gasteiger partial charge < -0.3 is 9.29 Å². The number of thiophene rings is 1. The minimum atomic E-state index is -2.28. The Morgan fingerprint density at radius 1 is 1.03 bits per heavy atom. The molecular weight excluding hydrogens is 502 g/mol. The van der Waals surface area contributed by atoms with E-state index in [1.807, 2.05) is 72.3 Å². The summed E-state index contributed by atoms with van der Waals surface area (Å²) in [5.41, 5.74) is 4.11. The minimum Gasteiger partial charge on any atom is -0.768 e. The van der Waals surface area contributed by atoms with E-state index in [2.05, 4.69) is 4.98 Å². The minimum absolute atomic E-state index is 0.253. The van der Waals surface area contributed by atoms with Gasteiger partial charge in [0.15, 0.2) is 0 Å². The van der Waals surface area contributed by atoms with Crippen LogP contribution < -0.4 is 4.74 Å². The Labute approximate surface area is 214 Å². The topological polar surface area (TPSA) is 80.1 Å². The van der Waals surface area contributed by atoms with Crippen LogP contribution in [0.5, 0.6) is 5.75 Å². The van der Waals surface area contributed by atoms with Gasteiger partial charge >= 0.3 is 0 Å². The highest BCUT2D eigenvalue weighted by Gasteiger charge is 2.17. The zero-order valence-electron chi connectivity index (χ0n) is 18.6. The van der Waals surface area contributed by atoms with E-state index in [1.165, 1.54) is 0 Å². The first-order chi connectivity index (χ1) is 17.0. The van der Waals surface area contributed by atoms with E-state index in [1.54, 1.807) is 35.7 Å². The number of hydrogen-bond acceptors (Lipinski definition) is 6.